The molecule has 0 unspecified atom stereocenters. The van der Waals surface area contributed by atoms with Crippen molar-refractivity contribution in [3.8, 4) is 0 Å². The highest BCUT2D eigenvalue weighted by molar-refractivity contribution is 6.05. The molecule has 2 N–H and O–H groups in total. The third-order valence-corrected chi connectivity index (χ3v) is 2.70. The Morgan fingerprint density at radius 2 is 2.00 bits per heavy atom. The van der Waals surface area contributed by atoms with E-state index in [-0.39, 0.29) is 6.61 Å². The Balaban J connectivity index is 1.79. The third kappa shape index (κ3) is 3.33. The molecule has 1 fully saturated rings. The average Bonchev–Trinajstić information content (AvgIpc) is 2.38. The molecule has 20 heavy (non-hydrogen) atoms. The van der Waals surface area contributed by atoms with Crippen molar-refractivity contribution in [3.05, 3.63) is 35.9 Å². The van der Waals surface area contributed by atoms with Crippen LogP contribution in [0, 0.1) is 5.92 Å². The number of β-lactam (4-membered cyclic amide) rings is 1. The second kappa shape index (κ2) is 6.16. The number of carbonyl (C=O) groups excluding carboxylic acids is 3. The molecule has 0 saturated carbocycles. The van der Waals surface area contributed by atoms with Crippen LogP contribution in [-0.2, 0) is 30.6 Å². The van der Waals surface area contributed by atoms with Crippen molar-refractivity contribution in [2.45, 2.75) is 19.8 Å². The SMILES string of the molecule is CC(=O)O[C@@H]1NC(=O)[C@H]1C(=O)NOCc1ccccc1. The number of hydroxylamine groups is 1. The lowest BCUT2D eigenvalue weighted by molar-refractivity contribution is -0.174. The maximum atomic E-state index is 11.7. The molecular formula is C13H14N2O5. The van der Waals surface area contributed by atoms with Crippen LogP contribution in [0.5, 0.6) is 0 Å². The second-order valence-electron chi connectivity index (χ2n) is 4.26. The smallest absolute Gasteiger partial charge is 0.304 e. The van der Waals surface area contributed by atoms with Crippen LogP contribution < -0.4 is 10.8 Å². The van der Waals surface area contributed by atoms with Gasteiger partial charge in [0, 0.05) is 6.92 Å². The van der Waals surface area contributed by atoms with Crippen molar-refractivity contribution in [2.75, 3.05) is 0 Å². The van der Waals surface area contributed by atoms with Crippen LogP contribution in [0.3, 0.4) is 0 Å². The van der Waals surface area contributed by atoms with Crippen molar-refractivity contribution in [1.82, 2.24) is 10.8 Å². The molecule has 0 bridgehead atoms. The molecule has 7 nitrogen and oxygen atoms in total. The summed E-state index contributed by atoms with van der Waals surface area (Å²) >= 11 is 0. The van der Waals surface area contributed by atoms with Crippen LogP contribution >= 0.6 is 0 Å². The third-order valence-electron chi connectivity index (χ3n) is 2.70. The van der Waals surface area contributed by atoms with Crippen LogP contribution in [-0.4, -0.2) is 24.0 Å². The van der Waals surface area contributed by atoms with E-state index in [4.69, 9.17) is 9.57 Å². The van der Waals surface area contributed by atoms with Crippen LogP contribution in [0.25, 0.3) is 0 Å². The Kier molecular flexibility index (Phi) is 4.31. The molecule has 0 spiro atoms. The van der Waals surface area contributed by atoms with Crippen molar-refractivity contribution in [3.63, 3.8) is 0 Å². The highest BCUT2D eigenvalue weighted by Gasteiger charge is 2.47. The summed E-state index contributed by atoms with van der Waals surface area (Å²) in [7, 11) is 0. The van der Waals surface area contributed by atoms with Gasteiger partial charge in [0.15, 0.2) is 12.1 Å². The first-order valence-electron chi connectivity index (χ1n) is 6.01. The topological polar surface area (TPSA) is 93.7 Å². The normalized spacial score (nSPS) is 20.6. The Labute approximate surface area is 115 Å². The van der Waals surface area contributed by atoms with Gasteiger partial charge in [0.2, 0.25) is 5.91 Å². The van der Waals surface area contributed by atoms with E-state index >= 15 is 0 Å². The predicted octanol–water partition coefficient (Wildman–Crippen LogP) is -0.130. The second-order valence-corrected chi connectivity index (χ2v) is 4.26. The first-order chi connectivity index (χ1) is 9.58. The monoisotopic (exact) mass is 278 g/mol. The number of carbonyl (C=O) groups is 3. The predicted molar refractivity (Wildman–Crippen MR) is 66.6 cm³/mol. The number of nitrogens with one attached hydrogen (secondary N) is 2. The first-order valence-corrected chi connectivity index (χ1v) is 6.01. The zero-order valence-electron chi connectivity index (χ0n) is 10.8. The Hall–Kier alpha value is -2.41. The minimum Gasteiger partial charge on any atom is -0.440 e. The van der Waals surface area contributed by atoms with Gasteiger partial charge >= 0.3 is 5.97 Å². The number of hydrogen-bond donors (Lipinski definition) is 2. The van der Waals surface area contributed by atoms with Gasteiger partial charge in [-0.3, -0.25) is 19.2 Å². The molecule has 1 aromatic rings. The lowest BCUT2D eigenvalue weighted by atomic mass is 9.98. The van der Waals surface area contributed by atoms with Gasteiger partial charge in [-0.2, -0.15) is 0 Å². The number of hydrogen-bond acceptors (Lipinski definition) is 5. The minimum atomic E-state index is -1.07. The van der Waals surface area contributed by atoms with Crippen LogP contribution in [0.1, 0.15) is 12.5 Å². The average molecular weight is 278 g/mol. The lowest BCUT2D eigenvalue weighted by Crippen LogP contribution is -2.64. The van der Waals surface area contributed by atoms with E-state index < -0.39 is 29.9 Å². The molecule has 1 aliphatic rings. The van der Waals surface area contributed by atoms with Gasteiger partial charge in [0.25, 0.3) is 5.91 Å². The Bertz CT molecular complexity index is 517. The van der Waals surface area contributed by atoms with Gasteiger partial charge in [-0.15, -0.1) is 0 Å². The van der Waals surface area contributed by atoms with E-state index in [1.807, 2.05) is 30.3 Å². The number of esters is 1. The summed E-state index contributed by atoms with van der Waals surface area (Å²) in [5.41, 5.74) is 3.05. The molecule has 0 aliphatic carbocycles. The fourth-order valence-electron chi connectivity index (χ4n) is 1.72. The molecule has 1 aromatic carbocycles. The van der Waals surface area contributed by atoms with Gasteiger partial charge in [-0.1, -0.05) is 30.3 Å². The van der Waals surface area contributed by atoms with Gasteiger partial charge in [-0.05, 0) is 5.56 Å². The molecule has 0 radical (unpaired) electrons. The summed E-state index contributed by atoms with van der Waals surface area (Å²) in [6, 6.07) is 9.23. The molecule has 1 aliphatic heterocycles. The van der Waals surface area contributed by atoms with Crippen molar-refractivity contribution < 1.29 is 24.0 Å². The highest BCUT2D eigenvalue weighted by Crippen LogP contribution is 2.16. The molecule has 0 aromatic heterocycles. The summed E-state index contributed by atoms with van der Waals surface area (Å²) in [4.78, 5) is 38.8. The molecular weight excluding hydrogens is 264 g/mol. The zero-order chi connectivity index (χ0) is 14.5. The van der Waals surface area contributed by atoms with Gasteiger partial charge in [0.05, 0.1) is 6.61 Å². The summed E-state index contributed by atoms with van der Waals surface area (Å²) in [5.74, 6) is -2.79. The highest BCUT2D eigenvalue weighted by atomic mass is 16.7. The summed E-state index contributed by atoms with van der Waals surface area (Å²) in [6.45, 7) is 1.38. The van der Waals surface area contributed by atoms with E-state index in [2.05, 4.69) is 10.8 Å². The molecule has 7 heteroatoms. The summed E-state index contributed by atoms with van der Waals surface area (Å²) in [6.07, 6.45) is -0.930. The number of rotatable bonds is 5. The summed E-state index contributed by atoms with van der Waals surface area (Å²) in [5, 5.41) is 2.31. The molecule has 106 valence electrons. The first kappa shape index (κ1) is 14.0. The Morgan fingerprint density at radius 3 is 2.60 bits per heavy atom. The van der Waals surface area contributed by atoms with Crippen molar-refractivity contribution >= 4 is 17.8 Å². The van der Waals surface area contributed by atoms with Gasteiger partial charge < -0.3 is 10.1 Å². The van der Waals surface area contributed by atoms with Crippen LogP contribution in [0.2, 0.25) is 0 Å². The van der Waals surface area contributed by atoms with Crippen molar-refractivity contribution in [1.29, 1.82) is 0 Å². The fraction of sp³-hybridized carbons (Fsp3) is 0.308. The van der Waals surface area contributed by atoms with E-state index in [0.717, 1.165) is 5.56 Å². The van der Waals surface area contributed by atoms with Crippen LogP contribution in [0.4, 0.5) is 0 Å². The molecule has 2 amide bonds. The fourth-order valence-corrected chi connectivity index (χ4v) is 1.72. The van der Waals surface area contributed by atoms with Crippen molar-refractivity contribution in [2.24, 2.45) is 5.92 Å². The van der Waals surface area contributed by atoms with E-state index in [1.54, 1.807) is 0 Å². The van der Waals surface area contributed by atoms with E-state index in [9.17, 15) is 14.4 Å². The number of ether oxygens (including phenoxy) is 1. The standard InChI is InChI=1S/C13H14N2O5/c1-8(16)20-13-10(11(17)14-13)12(18)15-19-7-9-5-3-2-4-6-9/h2-6,10,13H,7H2,1H3,(H,14,17)(H,15,18)/t10-,13-/m0/s1. The quantitative estimate of drug-likeness (QED) is 0.339. The minimum absolute atomic E-state index is 0.180. The maximum absolute atomic E-state index is 11.7. The van der Waals surface area contributed by atoms with Gasteiger partial charge in [-0.25, -0.2) is 5.48 Å². The molecule has 1 saturated heterocycles. The number of amides is 2. The molecule has 2 rings (SSSR count). The molecule has 2 atom stereocenters. The Morgan fingerprint density at radius 1 is 1.30 bits per heavy atom. The molecule has 1 heterocycles. The number of benzene rings is 1. The largest absolute Gasteiger partial charge is 0.440 e. The van der Waals surface area contributed by atoms with Gasteiger partial charge in [0.1, 0.15) is 0 Å². The zero-order valence-corrected chi connectivity index (χ0v) is 10.8. The van der Waals surface area contributed by atoms with E-state index in [0.29, 0.717) is 0 Å². The maximum Gasteiger partial charge on any atom is 0.304 e. The lowest BCUT2D eigenvalue weighted by Gasteiger charge is -2.33. The van der Waals surface area contributed by atoms with E-state index in [1.165, 1.54) is 6.92 Å². The van der Waals surface area contributed by atoms with Crippen LogP contribution in [0.15, 0.2) is 30.3 Å². The summed E-state index contributed by atoms with van der Waals surface area (Å²) < 4.78 is 4.77.